The Morgan fingerprint density at radius 1 is 1.08 bits per heavy atom. The van der Waals surface area contributed by atoms with Gasteiger partial charge in [0.05, 0.1) is 5.92 Å². The number of likely N-dealkylation sites (tertiary alicyclic amines) is 1. The number of carbonyl (C=O) groups is 2. The van der Waals surface area contributed by atoms with Gasteiger partial charge in [-0.2, -0.15) is 0 Å². The Morgan fingerprint density at radius 2 is 1.81 bits per heavy atom. The summed E-state index contributed by atoms with van der Waals surface area (Å²) in [5.41, 5.74) is 1.16. The van der Waals surface area contributed by atoms with Gasteiger partial charge >= 0.3 is 0 Å². The first kappa shape index (κ1) is 18.7. The maximum absolute atomic E-state index is 12.6. The fourth-order valence-corrected chi connectivity index (χ4v) is 3.85. The Balaban J connectivity index is 1.46. The number of hydrogen-bond donors (Lipinski definition) is 1. The lowest BCUT2D eigenvalue weighted by Gasteiger charge is -2.33. The Morgan fingerprint density at radius 3 is 2.54 bits per heavy atom. The van der Waals surface area contributed by atoms with Crippen molar-refractivity contribution in [3.63, 3.8) is 0 Å². The highest BCUT2D eigenvalue weighted by Gasteiger charge is 2.29. The van der Waals surface area contributed by atoms with Crippen molar-refractivity contribution in [2.24, 2.45) is 5.92 Å². The summed E-state index contributed by atoms with van der Waals surface area (Å²) < 4.78 is 5.60. The molecule has 5 heteroatoms. The van der Waals surface area contributed by atoms with Crippen LogP contribution in [0.2, 0.25) is 0 Å². The molecule has 142 valence electrons. The van der Waals surface area contributed by atoms with Crippen LogP contribution in [0.25, 0.3) is 0 Å². The molecule has 1 aromatic rings. The normalized spacial score (nSPS) is 21.3. The van der Waals surface area contributed by atoms with E-state index in [1.807, 2.05) is 31.2 Å². The van der Waals surface area contributed by atoms with Gasteiger partial charge in [0.2, 0.25) is 5.91 Å². The molecule has 2 amide bonds. The summed E-state index contributed by atoms with van der Waals surface area (Å²) >= 11 is 0. The van der Waals surface area contributed by atoms with Gasteiger partial charge in [0, 0.05) is 19.1 Å². The van der Waals surface area contributed by atoms with Crippen molar-refractivity contribution in [3.8, 4) is 5.75 Å². The summed E-state index contributed by atoms with van der Waals surface area (Å²) in [6, 6.07) is 8.00. The molecule has 1 saturated heterocycles. The molecular weight excluding hydrogens is 328 g/mol. The third kappa shape index (κ3) is 5.23. The van der Waals surface area contributed by atoms with E-state index in [2.05, 4.69) is 5.32 Å². The number of benzene rings is 1. The standard InChI is InChI=1S/C21H30N2O3/c1-16-9-11-19(12-10-16)26-15-20(24)23-13-5-6-17(14-23)21(25)22-18-7-3-2-4-8-18/h9-12,17-18H,2-8,13-15H2,1H3,(H,22,25). The highest BCUT2D eigenvalue weighted by molar-refractivity contribution is 5.82. The van der Waals surface area contributed by atoms with E-state index in [1.54, 1.807) is 4.90 Å². The predicted molar refractivity (Wildman–Crippen MR) is 101 cm³/mol. The topological polar surface area (TPSA) is 58.6 Å². The van der Waals surface area contributed by atoms with Crippen LogP contribution in [0.1, 0.15) is 50.5 Å². The van der Waals surface area contributed by atoms with Gasteiger partial charge in [-0.25, -0.2) is 0 Å². The first-order valence-electron chi connectivity index (χ1n) is 9.89. The Kier molecular flexibility index (Phi) is 6.53. The molecule has 0 aromatic heterocycles. The van der Waals surface area contributed by atoms with Crippen LogP contribution in [0, 0.1) is 12.8 Å². The van der Waals surface area contributed by atoms with Gasteiger partial charge in [0.25, 0.3) is 5.91 Å². The van der Waals surface area contributed by atoms with E-state index in [0.717, 1.165) is 31.2 Å². The van der Waals surface area contributed by atoms with Crippen molar-refractivity contribution in [1.82, 2.24) is 10.2 Å². The van der Waals surface area contributed by atoms with E-state index in [4.69, 9.17) is 4.74 Å². The van der Waals surface area contributed by atoms with Crippen LogP contribution in [0.5, 0.6) is 5.75 Å². The molecule has 1 N–H and O–H groups in total. The van der Waals surface area contributed by atoms with Gasteiger partial charge in [-0.1, -0.05) is 37.0 Å². The molecule has 1 aliphatic carbocycles. The molecule has 1 aromatic carbocycles. The SMILES string of the molecule is Cc1ccc(OCC(=O)N2CCCC(C(=O)NC3CCCCC3)C2)cc1. The number of amides is 2. The molecule has 1 unspecified atom stereocenters. The number of hydrogen-bond acceptors (Lipinski definition) is 3. The average Bonchev–Trinajstić information content (AvgIpc) is 2.68. The van der Waals surface area contributed by atoms with E-state index in [9.17, 15) is 9.59 Å². The molecule has 0 radical (unpaired) electrons. The zero-order valence-electron chi connectivity index (χ0n) is 15.7. The van der Waals surface area contributed by atoms with E-state index in [0.29, 0.717) is 24.9 Å². The first-order valence-corrected chi connectivity index (χ1v) is 9.89. The van der Waals surface area contributed by atoms with Crippen molar-refractivity contribution >= 4 is 11.8 Å². The highest BCUT2D eigenvalue weighted by Crippen LogP contribution is 2.21. The molecule has 1 saturated carbocycles. The maximum atomic E-state index is 12.6. The Labute approximate surface area is 156 Å². The van der Waals surface area contributed by atoms with Crippen molar-refractivity contribution in [1.29, 1.82) is 0 Å². The second kappa shape index (κ2) is 9.06. The van der Waals surface area contributed by atoms with Crippen molar-refractivity contribution in [2.75, 3.05) is 19.7 Å². The van der Waals surface area contributed by atoms with E-state index in [1.165, 1.54) is 19.3 Å². The third-order valence-electron chi connectivity index (χ3n) is 5.48. The number of nitrogens with one attached hydrogen (secondary N) is 1. The van der Waals surface area contributed by atoms with Crippen LogP contribution >= 0.6 is 0 Å². The fourth-order valence-electron chi connectivity index (χ4n) is 3.85. The molecule has 2 fully saturated rings. The Hall–Kier alpha value is -2.04. The molecule has 1 aliphatic heterocycles. The molecule has 26 heavy (non-hydrogen) atoms. The quantitative estimate of drug-likeness (QED) is 0.880. The summed E-state index contributed by atoms with van der Waals surface area (Å²) in [7, 11) is 0. The number of ether oxygens (including phenoxy) is 1. The molecule has 2 aliphatic rings. The summed E-state index contributed by atoms with van der Waals surface area (Å²) in [6.45, 7) is 3.26. The zero-order valence-corrected chi connectivity index (χ0v) is 15.7. The van der Waals surface area contributed by atoms with E-state index < -0.39 is 0 Å². The van der Waals surface area contributed by atoms with Crippen LogP contribution < -0.4 is 10.1 Å². The molecule has 1 atom stereocenters. The molecule has 0 bridgehead atoms. The van der Waals surface area contributed by atoms with Crippen LogP contribution in [0.15, 0.2) is 24.3 Å². The van der Waals surface area contributed by atoms with Crippen molar-refractivity contribution in [3.05, 3.63) is 29.8 Å². The molecule has 0 spiro atoms. The largest absolute Gasteiger partial charge is 0.484 e. The molecule has 1 heterocycles. The minimum absolute atomic E-state index is 0.0278. The maximum Gasteiger partial charge on any atom is 0.260 e. The lowest BCUT2D eigenvalue weighted by atomic mass is 9.93. The summed E-state index contributed by atoms with van der Waals surface area (Å²) in [4.78, 5) is 26.8. The summed E-state index contributed by atoms with van der Waals surface area (Å²) in [6.07, 6.45) is 7.60. The van der Waals surface area contributed by atoms with Crippen LogP contribution in [-0.4, -0.2) is 42.5 Å². The van der Waals surface area contributed by atoms with Gasteiger partial charge in [-0.15, -0.1) is 0 Å². The monoisotopic (exact) mass is 358 g/mol. The molecular formula is C21H30N2O3. The fraction of sp³-hybridized carbons (Fsp3) is 0.619. The summed E-state index contributed by atoms with van der Waals surface area (Å²) in [5, 5.41) is 3.20. The van der Waals surface area contributed by atoms with E-state index >= 15 is 0 Å². The summed E-state index contributed by atoms with van der Waals surface area (Å²) in [5.74, 6) is 0.691. The van der Waals surface area contributed by atoms with Crippen LogP contribution in [0.3, 0.4) is 0 Å². The first-order chi connectivity index (χ1) is 12.6. The molecule has 5 nitrogen and oxygen atoms in total. The van der Waals surface area contributed by atoms with Gasteiger partial charge < -0.3 is 15.0 Å². The zero-order chi connectivity index (χ0) is 18.4. The lowest BCUT2D eigenvalue weighted by molar-refractivity contribution is -0.137. The third-order valence-corrected chi connectivity index (χ3v) is 5.48. The average molecular weight is 358 g/mol. The second-order valence-electron chi connectivity index (χ2n) is 7.62. The second-order valence-corrected chi connectivity index (χ2v) is 7.62. The minimum Gasteiger partial charge on any atom is -0.484 e. The number of aryl methyl sites for hydroxylation is 1. The number of nitrogens with zero attached hydrogens (tertiary/aromatic N) is 1. The number of rotatable bonds is 5. The van der Waals surface area contributed by atoms with Gasteiger partial charge in [0.15, 0.2) is 6.61 Å². The van der Waals surface area contributed by atoms with Gasteiger partial charge in [-0.3, -0.25) is 9.59 Å². The van der Waals surface area contributed by atoms with Crippen LogP contribution in [0.4, 0.5) is 0 Å². The minimum atomic E-state index is -0.0889. The smallest absolute Gasteiger partial charge is 0.260 e. The highest BCUT2D eigenvalue weighted by atomic mass is 16.5. The predicted octanol–water partition coefficient (Wildman–Crippen LogP) is 3.06. The van der Waals surface area contributed by atoms with Crippen molar-refractivity contribution in [2.45, 2.75) is 57.9 Å². The Bertz CT molecular complexity index is 608. The van der Waals surface area contributed by atoms with Gasteiger partial charge in [-0.05, 0) is 44.7 Å². The van der Waals surface area contributed by atoms with Crippen molar-refractivity contribution < 1.29 is 14.3 Å². The van der Waals surface area contributed by atoms with Crippen LogP contribution in [-0.2, 0) is 9.59 Å². The molecule has 3 rings (SSSR count). The van der Waals surface area contributed by atoms with Gasteiger partial charge in [0.1, 0.15) is 5.75 Å². The number of piperidine rings is 1. The number of carbonyl (C=O) groups excluding carboxylic acids is 2. The van der Waals surface area contributed by atoms with E-state index in [-0.39, 0.29) is 24.3 Å². The lowest BCUT2D eigenvalue weighted by Crippen LogP contribution is -2.48.